The second-order valence-corrected chi connectivity index (χ2v) is 6.48. The van der Waals surface area contributed by atoms with E-state index in [2.05, 4.69) is 63.7 Å². The van der Waals surface area contributed by atoms with Crippen LogP contribution in [0.4, 0.5) is 0 Å². The first kappa shape index (κ1) is 14.8. The van der Waals surface area contributed by atoms with Crippen molar-refractivity contribution in [1.29, 1.82) is 0 Å². The standard InChI is InChI=1S/C18H20BrNO/c1-21-12-14-4-2-3-13(9-14)11-20-18-8-5-15-10-16(19)6-7-17(15)18/h2-4,6-7,9-10,18,20H,5,8,11-12H2,1H3. The number of nitrogens with one attached hydrogen (secondary N) is 1. The Morgan fingerprint density at radius 3 is 2.90 bits per heavy atom. The number of benzene rings is 2. The zero-order chi connectivity index (χ0) is 14.7. The summed E-state index contributed by atoms with van der Waals surface area (Å²) in [6.07, 6.45) is 2.35. The summed E-state index contributed by atoms with van der Waals surface area (Å²) in [6, 6.07) is 15.7. The molecular formula is C18H20BrNO. The Labute approximate surface area is 134 Å². The Bertz CT molecular complexity index is 626. The molecule has 1 atom stereocenters. The number of aryl methyl sites for hydroxylation is 1. The molecule has 2 nitrogen and oxygen atoms in total. The van der Waals surface area contributed by atoms with Crippen LogP contribution in [0.3, 0.4) is 0 Å². The third kappa shape index (κ3) is 3.54. The lowest BCUT2D eigenvalue weighted by molar-refractivity contribution is 0.185. The Kier molecular flexibility index (Phi) is 4.73. The maximum Gasteiger partial charge on any atom is 0.0713 e. The van der Waals surface area contributed by atoms with Crippen LogP contribution in [-0.4, -0.2) is 7.11 Å². The average molecular weight is 346 g/mol. The summed E-state index contributed by atoms with van der Waals surface area (Å²) >= 11 is 3.55. The van der Waals surface area contributed by atoms with Crippen LogP contribution < -0.4 is 5.32 Å². The minimum Gasteiger partial charge on any atom is -0.380 e. The van der Waals surface area contributed by atoms with Crippen molar-refractivity contribution in [2.75, 3.05) is 7.11 Å². The minimum atomic E-state index is 0.471. The third-order valence-electron chi connectivity index (χ3n) is 4.04. The SMILES string of the molecule is COCc1cccc(CNC2CCc3cc(Br)ccc32)c1. The quantitative estimate of drug-likeness (QED) is 0.868. The smallest absolute Gasteiger partial charge is 0.0713 e. The monoisotopic (exact) mass is 345 g/mol. The largest absolute Gasteiger partial charge is 0.380 e. The van der Waals surface area contributed by atoms with E-state index in [9.17, 15) is 0 Å². The van der Waals surface area contributed by atoms with Gasteiger partial charge in [-0.1, -0.05) is 46.3 Å². The van der Waals surface area contributed by atoms with E-state index in [-0.39, 0.29) is 0 Å². The van der Waals surface area contributed by atoms with Crippen LogP contribution in [0.15, 0.2) is 46.9 Å². The topological polar surface area (TPSA) is 21.3 Å². The van der Waals surface area contributed by atoms with Crippen molar-refractivity contribution in [3.63, 3.8) is 0 Å². The maximum absolute atomic E-state index is 5.19. The van der Waals surface area contributed by atoms with Crippen molar-refractivity contribution < 1.29 is 4.74 Å². The van der Waals surface area contributed by atoms with Gasteiger partial charge >= 0.3 is 0 Å². The molecule has 0 saturated carbocycles. The Hall–Kier alpha value is -1.16. The third-order valence-corrected chi connectivity index (χ3v) is 4.53. The molecule has 0 spiro atoms. The van der Waals surface area contributed by atoms with Crippen LogP contribution in [0.2, 0.25) is 0 Å². The summed E-state index contributed by atoms with van der Waals surface area (Å²) < 4.78 is 6.37. The first-order chi connectivity index (χ1) is 10.3. The first-order valence-corrected chi connectivity index (χ1v) is 8.14. The molecule has 0 saturated heterocycles. The summed E-state index contributed by atoms with van der Waals surface area (Å²) in [5, 5.41) is 3.69. The van der Waals surface area contributed by atoms with E-state index >= 15 is 0 Å². The molecule has 0 radical (unpaired) electrons. The van der Waals surface area contributed by atoms with Crippen LogP contribution in [0.1, 0.15) is 34.7 Å². The van der Waals surface area contributed by atoms with Gasteiger partial charge in [-0.25, -0.2) is 0 Å². The molecule has 1 N–H and O–H groups in total. The van der Waals surface area contributed by atoms with Gasteiger partial charge in [0.05, 0.1) is 6.61 Å². The highest BCUT2D eigenvalue weighted by atomic mass is 79.9. The van der Waals surface area contributed by atoms with Crippen LogP contribution in [0.5, 0.6) is 0 Å². The molecule has 1 unspecified atom stereocenters. The van der Waals surface area contributed by atoms with Crippen molar-refractivity contribution in [3.05, 3.63) is 69.2 Å². The number of hydrogen-bond donors (Lipinski definition) is 1. The minimum absolute atomic E-state index is 0.471. The highest BCUT2D eigenvalue weighted by Gasteiger charge is 2.21. The molecule has 1 aliphatic carbocycles. The molecule has 3 rings (SSSR count). The Balaban J connectivity index is 1.65. The van der Waals surface area contributed by atoms with Gasteiger partial charge in [0.1, 0.15) is 0 Å². The van der Waals surface area contributed by atoms with Gasteiger partial charge in [-0.05, 0) is 47.2 Å². The highest BCUT2D eigenvalue weighted by Crippen LogP contribution is 2.33. The summed E-state index contributed by atoms with van der Waals surface area (Å²) in [5.41, 5.74) is 5.46. The second-order valence-electron chi connectivity index (χ2n) is 5.57. The predicted molar refractivity (Wildman–Crippen MR) is 89.2 cm³/mol. The normalized spacial score (nSPS) is 17.0. The van der Waals surface area contributed by atoms with Gasteiger partial charge in [0.15, 0.2) is 0 Å². The lowest BCUT2D eigenvalue weighted by Gasteiger charge is -2.14. The van der Waals surface area contributed by atoms with Gasteiger partial charge in [0.25, 0.3) is 0 Å². The van der Waals surface area contributed by atoms with E-state index in [1.807, 2.05) is 0 Å². The van der Waals surface area contributed by atoms with Crippen LogP contribution in [0, 0.1) is 0 Å². The zero-order valence-corrected chi connectivity index (χ0v) is 13.8. The van der Waals surface area contributed by atoms with E-state index in [4.69, 9.17) is 4.74 Å². The summed E-state index contributed by atoms with van der Waals surface area (Å²) in [4.78, 5) is 0. The molecule has 21 heavy (non-hydrogen) atoms. The molecule has 3 heteroatoms. The van der Waals surface area contributed by atoms with Crippen LogP contribution in [0.25, 0.3) is 0 Å². The number of methoxy groups -OCH3 is 1. The van der Waals surface area contributed by atoms with Crippen LogP contribution in [-0.2, 0) is 24.3 Å². The summed E-state index contributed by atoms with van der Waals surface area (Å²) in [6.45, 7) is 1.58. The second kappa shape index (κ2) is 6.73. The highest BCUT2D eigenvalue weighted by molar-refractivity contribution is 9.10. The van der Waals surface area contributed by atoms with E-state index in [1.54, 1.807) is 7.11 Å². The van der Waals surface area contributed by atoms with E-state index < -0.39 is 0 Å². The fourth-order valence-corrected chi connectivity index (χ4v) is 3.44. The molecular weight excluding hydrogens is 326 g/mol. The van der Waals surface area contributed by atoms with Gasteiger partial charge in [-0.2, -0.15) is 0 Å². The van der Waals surface area contributed by atoms with Crippen molar-refractivity contribution in [2.45, 2.75) is 32.0 Å². The molecule has 0 heterocycles. The lowest BCUT2D eigenvalue weighted by Crippen LogP contribution is -2.18. The van der Waals surface area contributed by atoms with Gasteiger partial charge < -0.3 is 10.1 Å². The zero-order valence-electron chi connectivity index (χ0n) is 12.2. The number of ether oxygens (including phenoxy) is 1. The molecule has 0 aliphatic heterocycles. The van der Waals surface area contributed by atoms with E-state index in [0.717, 1.165) is 13.0 Å². The summed E-state index contributed by atoms with van der Waals surface area (Å²) in [5.74, 6) is 0. The van der Waals surface area contributed by atoms with Crippen LogP contribution >= 0.6 is 15.9 Å². The van der Waals surface area contributed by atoms with Crippen molar-refractivity contribution in [3.8, 4) is 0 Å². The predicted octanol–water partition coefficient (Wildman–Crippen LogP) is 4.37. The molecule has 0 fully saturated rings. The fraction of sp³-hybridized carbons (Fsp3) is 0.333. The molecule has 1 aliphatic rings. The average Bonchev–Trinajstić information content (AvgIpc) is 2.88. The number of halogens is 1. The number of fused-ring (bicyclic) bond motifs is 1. The molecule has 2 aromatic rings. The van der Waals surface area contributed by atoms with Gasteiger partial charge in [0.2, 0.25) is 0 Å². The fourth-order valence-electron chi connectivity index (χ4n) is 3.04. The lowest BCUT2D eigenvalue weighted by atomic mass is 10.1. The first-order valence-electron chi connectivity index (χ1n) is 7.35. The van der Waals surface area contributed by atoms with Crippen molar-refractivity contribution in [1.82, 2.24) is 5.32 Å². The molecule has 0 bridgehead atoms. The van der Waals surface area contributed by atoms with Gasteiger partial charge in [-0.15, -0.1) is 0 Å². The molecule has 110 valence electrons. The number of hydrogen-bond acceptors (Lipinski definition) is 2. The number of rotatable bonds is 5. The van der Waals surface area contributed by atoms with E-state index in [1.165, 1.54) is 33.1 Å². The maximum atomic E-state index is 5.19. The van der Waals surface area contributed by atoms with E-state index in [0.29, 0.717) is 12.6 Å². The Morgan fingerprint density at radius 2 is 2.05 bits per heavy atom. The molecule has 0 amide bonds. The summed E-state index contributed by atoms with van der Waals surface area (Å²) in [7, 11) is 1.73. The van der Waals surface area contributed by atoms with Crippen molar-refractivity contribution in [2.24, 2.45) is 0 Å². The molecule has 0 aromatic heterocycles. The Morgan fingerprint density at radius 1 is 1.19 bits per heavy atom. The van der Waals surface area contributed by atoms with Crippen molar-refractivity contribution >= 4 is 15.9 Å². The van der Waals surface area contributed by atoms with Gasteiger partial charge in [0, 0.05) is 24.2 Å². The van der Waals surface area contributed by atoms with Gasteiger partial charge in [-0.3, -0.25) is 0 Å². The molecule has 2 aromatic carbocycles.